The summed E-state index contributed by atoms with van der Waals surface area (Å²) in [6.45, 7) is 14.0. The van der Waals surface area contributed by atoms with Gasteiger partial charge >= 0.3 is 11.9 Å². The number of nitrogens with zero attached hydrogens (tertiary/aromatic N) is 2. The number of carboxylic acid groups (broad SMARTS) is 2. The number of fused-ring (bicyclic) bond motifs is 10. The van der Waals surface area contributed by atoms with E-state index in [2.05, 4.69) is 41.5 Å². The third-order valence-corrected chi connectivity index (χ3v) is 20.5. The Morgan fingerprint density at radius 2 is 0.966 bits per heavy atom. The molecule has 0 aromatic rings. The number of aliphatic hydroxyl groups excluding tert-OH is 4. The van der Waals surface area contributed by atoms with Crippen LogP contribution in [0.1, 0.15) is 157 Å². The first kappa shape index (κ1) is 42.8. The standard InChI is InChI=1S/C48H76N2O8/c1-25(7-13-41(55)56)31-9-11-33-43-35(45(3)17-15-29(51)19-27(45)21-37(43)53)23-39(47(31,33)5)49-50-40-24-36-44(38(54)22-28-20-30(52)16-18-46(28,36)4)34-12-10-32(48(34,40)6)26(2)8-14-42(57)58/h25-38,43-44,51-54H,7-24H2,1-6H3,(H,55,56)(H,57,58)/t25-,26-,27?,28?,29?,30?,31-,32-,33+,34?,35+,36?,37?,38?,43+,44?,45+,46+,47-,48-/m1/s1. The average Bonchev–Trinajstić information content (AvgIpc) is 3.71. The van der Waals surface area contributed by atoms with Crippen molar-refractivity contribution in [2.24, 2.45) is 103 Å². The molecule has 0 spiro atoms. The Morgan fingerprint density at radius 1 is 0.586 bits per heavy atom. The topological polar surface area (TPSA) is 180 Å². The van der Waals surface area contributed by atoms with Gasteiger partial charge in [-0.15, -0.1) is 0 Å². The van der Waals surface area contributed by atoms with Crippen molar-refractivity contribution in [3.63, 3.8) is 0 Å². The number of aliphatic carboxylic acids is 2. The van der Waals surface area contributed by atoms with E-state index in [1.54, 1.807) is 0 Å². The summed E-state index contributed by atoms with van der Waals surface area (Å²) >= 11 is 0. The first-order valence-corrected chi connectivity index (χ1v) is 23.6. The fourth-order valence-electron chi connectivity index (χ4n) is 17.3. The summed E-state index contributed by atoms with van der Waals surface area (Å²) in [7, 11) is 0. The monoisotopic (exact) mass is 809 g/mol. The molecule has 10 heteroatoms. The molecular formula is C48H76N2O8. The molecule has 0 aromatic carbocycles. The number of hydrogen-bond acceptors (Lipinski definition) is 8. The Bertz CT molecular complexity index is 1530. The lowest BCUT2D eigenvalue weighted by Crippen LogP contribution is -2.61. The fourth-order valence-corrected chi connectivity index (χ4v) is 17.3. The second kappa shape index (κ2) is 15.5. The molecule has 8 fully saturated rings. The van der Waals surface area contributed by atoms with E-state index in [0.717, 1.165) is 101 Å². The molecule has 8 rings (SSSR count). The molecule has 0 radical (unpaired) electrons. The van der Waals surface area contributed by atoms with Gasteiger partial charge in [0.1, 0.15) is 0 Å². The van der Waals surface area contributed by atoms with Crippen LogP contribution in [0.4, 0.5) is 0 Å². The Morgan fingerprint density at radius 3 is 1.33 bits per heavy atom. The molecule has 0 saturated heterocycles. The highest BCUT2D eigenvalue weighted by Gasteiger charge is 2.67. The lowest BCUT2D eigenvalue weighted by molar-refractivity contribution is -0.150. The first-order chi connectivity index (χ1) is 27.3. The average molecular weight is 809 g/mol. The van der Waals surface area contributed by atoms with E-state index in [9.17, 15) is 40.2 Å². The number of rotatable bonds is 9. The molecule has 10 nitrogen and oxygen atoms in total. The molecule has 6 N–H and O–H groups in total. The molecule has 8 saturated carbocycles. The summed E-state index contributed by atoms with van der Waals surface area (Å²) in [6, 6.07) is 0. The van der Waals surface area contributed by atoms with Gasteiger partial charge in [-0.1, -0.05) is 41.5 Å². The molecule has 20 atom stereocenters. The zero-order chi connectivity index (χ0) is 41.7. The molecule has 0 aromatic heterocycles. The van der Waals surface area contributed by atoms with Gasteiger partial charge in [0, 0.05) is 35.1 Å². The van der Waals surface area contributed by atoms with Crippen molar-refractivity contribution < 1.29 is 40.2 Å². The van der Waals surface area contributed by atoms with Crippen molar-refractivity contribution in [1.82, 2.24) is 0 Å². The molecule has 326 valence electrons. The Hall–Kier alpha value is -1.88. The van der Waals surface area contributed by atoms with E-state index >= 15 is 0 Å². The number of carboxylic acids is 2. The van der Waals surface area contributed by atoms with Crippen LogP contribution in [0, 0.1) is 92.7 Å². The highest BCUT2D eigenvalue weighted by molar-refractivity contribution is 5.95. The van der Waals surface area contributed by atoms with E-state index in [1.165, 1.54) is 0 Å². The molecule has 8 aliphatic carbocycles. The van der Waals surface area contributed by atoms with Gasteiger partial charge in [0.2, 0.25) is 0 Å². The van der Waals surface area contributed by atoms with Crippen molar-refractivity contribution in [2.45, 2.75) is 182 Å². The van der Waals surface area contributed by atoms with Crippen LogP contribution in [0.15, 0.2) is 10.2 Å². The lowest BCUT2D eigenvalue weighted by Gasteiger charge is -2.62. The van der Waals surface area contributed by atoms with Crippen molar-refractivity contribution in [2.75, 3.05) is 0 Å². The SMILES string of the molecule is C[C@H](CCC(=O)O)[C@H]1CC[C@H]2[C@@H]3C(O)CC4CC(O)CC[C@]4(C)[C@H]3CC(=NN=C3CC4C(C(O)CC5CC(O)CC[C@@]54C)C4CC[C@H]([C@H](C)CCC(=O)O)[C@@]34C)[C@]12C. The van der Waals surface area contributed by atoms with Gasteiger partial charge in [-0.2, -0.15) is 10.2 Å². The molecule has 0 aliphatic heterocycles. The second-order valence-electron chi connectivity index (χ2n) is 22.7. The minimum absolute atomic E-state index is 0.0238. The maximum Gasteiger partial charge on any atom is 0.303 e. The molecule has 9 unspecified atom stereocenters. The normalized spacial score (nSPS) is 52.1. The molecule has 0 amide bonds. The summed E-state index contributed by atoms with van der Waals surface area (Å²) in [6.07, 6.45) is 11.7. The van der Waals surface area contributed by atoms with Crippen LogP contribution < -0.4 is 0 Å². The zero-order valence-corrected chi connectivity index (χ0v) is 36.4. The van der Waals surface area contributed by atoms with E-state index in [1.807, 2.05) is 0 Å². The lowest BCUT2D eigenvalue weighted by atomic mass is 9.43. The summed E-state index contributed by atoms with van der Waals surface area (Å²) in [5.41, 5.74) is 1.48. The van der Waals surface area contributed by atoms with Crippen molar-refractivity contribution >= 4 is 23.4 Å². The third kappa shape index (κ3) is 6.69. The van der Waals surface area contributed by atoms with E-state index in [4.69, 9.17) is 10.2 Å². The second-order valence-corrected chi connectivity index (χ2v) is 22.7. The van der Waals surface area contributed by atoms with Crippen molar-refractivity contribution in [3.8, 4) is 0 Å². The predicted molar refractivity (Wildman–Crippen MR) is 223 cm³/mol. The minimum Gasteiger partial charge on any atom is -0.481 e. The maximum absolute atomic E-state index is 12.1. The van der Waals surface area contributed by atoms with Crippen LogP contribution in [0.5, 0.6) is 0 Å². The molecule has 0 heterocycles. The fraction of sp³-hybridized carbons (Fsp3) is 0.917. The predicted octanol–water partition coefficient (Wildman–Crippen LogP) is 7.99. The number of carbonyl (C=O) groups is 2. The van der Waals surface area contributed by atoms with Crippen LogP contribution in [0.2, 0.25) is 0 Å². The van der Waals surface area contributed by atoms with Gasteiger partial charge in [-0.25, -0.2) is 0 Å². The quantitative estimate of drug-likeness (QED) is 0.127. The highest BCUT2D eigenvalue weighted by atomic mass is 16.4. The minimum atomic E-state index is -0.768. The van der Waals surface area contributed by atoms with Crippen LogP contribution in [-0.4, -0.2) is 78.4 Å². The summed E-state index contributed by atoms with van der Waals surface area (Å²) in [5, 5.41) is 76.3. The van der Waals surface area contributed by atoms with Crippen LogP contribution >= 0.6 is 0 Å². The van der Waals surface area contributed by atoms with Gasteiger partial charge in [-0.3, -0.25) is 9.59 Å². The Kier molecular flexibility index (Phi) is 11.4. The molecule has 0 bridgehead atoms. The van der Waals surface area contributed by atoms with Gasteiger partial charge in [0.25, 0.3) is 0 Å². The highest BCUT2D eigenvalue weighted by Crippen LogP contribution is 2.70. The van der Waals surface area contributed by atoms with E-state index < -0.39 is 24.1 Å². The number of aliphatic hydroxyl groups is 4. The summed E-state index contributed by atoms with van der Waals surface area (Å²) in [5.74, 6) is 0.837. The summed E-state index contributed by atoms with van der Waals surface area (Å²) in [4.78, 5) is 23.6. The summed E-state index contributed by atoms with van der Waals surface area (Å²) < 4.78 is 0. The smallest absolute Gasteiger partial charge is 0.303 e. The molecular weight excluding hydrogens is 733 g/mol. The van der Waals surface area contributed by atoms with Crippen LogP contribution in [-0.2, 0) is 9.59 Å². The third-order valence-electron chi connectivity index (χ3n) is 20.5. The van der Waals surface area contributed by atoms with Crippen molar-refractivity contribution in [1.29, 1.82) is 0 Å². The van der Waals surface area contributed by atoms with Gasteiger partial charge in [0.05, 0.1) is 24.4 Å². The number of hydrogen-bond donors (Lipinski definition) is 6. The van der Waals surface area contributed by atoms with Crippen LogP contribution in [0.25, 0.3) is 0 Å². The Balaban J connectivity index is 1.24. The van der Waals surface area contributed by atoms with E-state index in [-0.39, 0.29) is 118 Å². The van der Waals surface area contributed by atoms with E-state index in [0.29, 0.717) is 12.8 Å². The molecule has 8 aliphatic rings. The Labute approximate surface area is 347 Å². The van der Waals surface area contributed by atoms with Gasteiger partial charge in [0.15, 0.2) is 0 Å². The first-order valence-electron chi connectivity index (χ1n) is 23.6. The van der Waals surface area contributed by atoms with Crippen LogP contribution in [0.3, 0.4) is 0 Å². The van der Waals surface area contributed by atoms with Crippen molar-refractivity contribution in [3.05, 3.63) is 0 Å². The van der Waals surface area contributed by atoms with Gasteiger partial charge in [-0.05, 0) is 185 Å². The maximum atomic E-state index is 12.1. The zero-order valence-electron chi connectivity index (χ0n) is 36.4. The van der Waals surface area contributed by atoms with Gasteiger partial charge < -0.3 is 30.6 Å². The largest absolute Gasteiger partial charge is 0.481 e. The molecule has 58 heavy (non-hydrogen) atoms.